The molecule has 2 unspecified atom stereocenters. The zero-order valence-corrected chi connectivity index (χ0v) is 20.4. The number of urea groups is 1. The van der Waals surface area contributed by atoms with Crippen molar-refractivity contribution < 1.29 is 29.2 Å². The summed E-state index contributed by atoms with van der Waals surface area (Å²) in [7, 11) is 0. The number of aliphatic hydroxyl groups is 3. The zero-order chi connectivity index (χ0) is 26.8. The Balaban J connectivity index is 1.20. The van der Waals surface area contributed by atoms with Crippen molar-refractivity contribution in [3.8, 4) is 11.8 Å². The van der Waals surface area contributed by atoms with Crippen molar-refractivity contribution in [3.63, 3.8) is 0 Å². The number of carbonyl (C=O) groups is 1. The number of ether oxygens (including phenoxy) is 1. The molecule has 2 aliphatic rings. The fraction of sp³-hybridized carbons (Fsp3) is 0.440. The number of amides is 2. The van der Waals surface area contributed by atoms with Crippen LogP contribution >= 0.6 is 0 Å². The van der Waals surface area contributed by atoms with Gasteiger partial charge in [0.15, 0.2) is 17.7 Å². The maximum Gasteiger partial charge on any atom is 0.321 e. The summed E-state index contributed by atoms with van der Waals surface area (Å²) >= 11 is 0. The van der Waals surface area contributed by atoms with Crippen molar-refractivity contribution in [2.45, 2.75) is 43.8 Å². The highest BCUT2D eigenvalue weighted by molar-refractivity contribution is 5.89. The van der Waals surface area contributed by atoms with Gasteiger partial charge in [0.05, 0.1) is 12.9 Å². The lowest BCUT2D eigenvalue weighted by molar-refractivity contribution is -0.0511. The number of likely N-dealkylation sites (tertiary alicyclic amines) is 1. The van der Waals surface area contributed by atoms with Crippen LogP contribution < -0.4 is 11.1 Å². The summed E-state index contributed by atoms with van der Waals surface area (Å²) in [6.07, 6.45) is -0.966. The number of rotatable bonds is 4. The minimum Gasteiger partial charge on any atom is -0.394 e. The first kappa shape index (κ1) is 25.8. The molecule has 4 heterocycles. The first-order chi connectivity index (χ1) is 18.3. The van der Waals surface area contributed by atoms with Crippen molar-refractivity contribution in [1.29, 1.82) is 0 Å². The van der Waals surface area contributed by atoms with Crippen molar-refractivity contribution in [1.82, 2.24) is 24.4 Å². The molecule has 0 saturated carbocycles. The second kappa shape index (κ2) is 10.9. The SMILES string of the molecule is Nc1nc(C#CCC2CCN(C(=O)Nc3ccc(F)cc3)CC2)nc2c1ncn2[C@@H]1O[C@H](CO)C(O)C1O. The van der Waals surface area contributed by atoms with E-state index in [2.05, 4.69) is 32.1 Å². The van der Waals surface area contributed by atoms with Gasteiger partial charge in [-0.05, 0) is 48.9 Å². The molecule has 200 valence electrons. The molecule has 2 amide bonds. The van der Waals surface area contributed by atoms with Crippen molar-refractivity contribution >= 4 is 28.7 Å². The van der Waals surface area contributed by atoms with E-state index in [0.29, 0.717) is 36.6 Å². The Morgan fingerprint density at radius 1 is 1.18 bits per heavy atom. The molecule has 2 saturated heterocycles. The summed E-state index contributed by atoms with van der Waals surface area (Å²) in [6.45, 7) is 0.712. The number of imidazole rings is 1. The lowest BCUT2D eigenvalue weighted by Gasteiger charge is -2.31. The van der Waals surface area contributed by atoms with Gasteiger partial charge < -0.3 is 36.0 Å². The molecule has 0 aliphatic carbocycles. The number of hydrogen-bond acceptors (Lipinski definition) is 9. The van der Waals surface area contributed by atoms with E-state index < -0.39 is 31.1 Å². The van der Waals surface area contributed by atoms with Crippen LogP contribution in [0.15, 0.2) is 30.6 Å². The van der Waals surface area contributed by atoms with Crippen LogP contribution in [-0.2, 0) is 4.74 Å². The monoisotopic (exact) mass is 525 g/mol. The van der Waals surface area contributed by atoms with Gasteiger partial charge in [-0.2, -0.15) is 0 Å². The Bertz CT molecular complexity index is 1360. The van der Waals surface area contributed by atoms with Crippen LogP contribution in [0.1, 0.15) is 31.3 Å². The first-order valence-electron chi connectivity index (χ1n) is 12.3. The Labute approximate surface area is 217 Å². The molecule has 0 radical (unpaired) electrons. The van der Waals surface area contributed by atoms with E-state index in [-0.39, 0.29) is 29.1 Å². The van der Waals surface area contributed by atoms with E-state index in [1.165, 1.54) is 35.2 Å². The van der Waals surface area contributed by atoms with Gasteiger partial charge >= 0.3 is 6.03 Å². The fourth-order valence-corrected chi connectivity index (χ4v) is 4.64. The smallest absolute Gasteiger partial charge is 0.321 e. The number of hydrogen-bond donors (Lipinski definition) is 5. The Morgan fingerprint density at radius 2 is 1.92 bits per heavy atom. The summed E-state index contributed by atoms with van der Waals surface area (Å²) in [4.78, 5) is 27.0. The van der Waals surface area contributed by atoms with Crippen LogP contribution in [0.2, 0.25) is 0 Å². The summed E-state index contributed by atoms with van der Waals surface area (Å²) < 4.78 is 20.1. The standard InChI is InChI=1S/C25H28FN7O5/c26-15-4-6-16(7-5-15)29-25(37)32-10-8-14(9-11-32)2-1-3-18-30-22(27)19-23(31-18)33(13-28-19)24-21(36)20(35)17(12-34)38-24/h4-7,13-14,17,20-21,24,34-36H,2,8-12H2,(H,29,37)(H2,27,30,31)/t17-,20?,21?,24-/m1/s1. The second-order valence-electron chi connectivity index (χ2n) is 9.36. The lowest BCUT2D eigenvalue weighted by Crippen LogP contribution is -2.41. The van der Waals surface area contributed by atoms with Crippen LogP contribution in [0.5, 0.6) is 0 Å². The number of nitrogens with zero attached hydrogens (tertiary/aromatic N) is 5. The van der Waals surface area contributed by atoms with E-state index in [0.717, 1.165) is 12.8 Å². The predicted molar refractivity (Wildman–Crippen MR) is 134 cm³/mol. The van der Waals surface area contributed by atoms with E-state index >= 15 is 0 Å². The number of halogens is 1. The number of fused-ring (bicyclic) bond motifs is 1. The molecule has 38 heavy (non-hydrogen) atoms. The number of piperidine rings is 1. The van der Waals surface area contributed by atoms with Crippen molar-refractivity contribution in [2.75, 3.05) is 30.7 Å². The minimum absolute atomic E-state index is 0.116. The number of aliphatic hydroxyl groups excluding tert-OH is 3. The number of nitrogen functional groups attached to an aromatic ring is 1. The van der Waals surface area contributed by atoms with Gasteiger partial charge in [0.2, 0.25) is 5.82 Å². The summed E-state index contributed by atoms with van der Waals surface area (Å²) in [5.41, 5.74) is 7.19. The Morgan fingerprint density at radius 3 is 2.61 bits per heavy atom. The molecule has 5 rings (SSSR count). The molecule has 0 spiro atoms. The van der Waals surface area contributed by atoms with Crippen LogP contribution in [0.4, 0.5) is 20.7 Å². The third-order valence-electron chi connectivity index (χ3n) is 6.83. The quantitative estimate of drug-likeness (QED) is 0.310. The molecule has 1 aromatic carbocycles. The largest absolute Gasteiger partial charge is 0.394 e. The predicted octanol–water partition coefficient (Wildman–Crippen LogP) is 0.845. The van der Waals surface area contributed by atoms with Crippen LogP contribution in [0.25, 0.3) is 11.2 Å². The number of anilines is 2. The molecule has 4 atom stereocenters. The van der Waals surface area contributed by atoms with E-state index in [9.17, 15) is 24.5 Å². The fourth-order valence-electron chi connectivity index (χ4n) is 4.64. The maximum atomic E-state index is 13.1. The van der Waals surface area contributed by atoms with Crippen molar-refractivity contribution in [3.05, 3.63) is 42.2 Å². The third kappa shape index (κ3) is 5.25. The van der Waals surface area contributed by atoms with Crippen LogP contribution in [0.3, 0.4) is 0 Å². The lowest BCUT2D eigenvalue weighted by atomic mass is 9.94. The second-order valence-corrected chi connectivity index (χ2v) is 9.36. The minimum atomic E-state index is -1.29. The van der Waals surface area contributed by atoms with Gasteiger partial charge in [0.25, 0.3) is 0 Å². The molecule has 13 heteroatoms. The first-order valence-corrected chi connectivity index (χ1v) is 12.3. The summed E-state index contributed by atoms with van der Waals surface area (Å²) in [5, 5.41) is 32.6. The van der Waals surface area contributed by atoms with Crippen molar-refractivity contribution in [2.24, 2.45) is 5.92 Å². The average Bonchev–Trinajstić information content (AvgIpc) is 3.46. The maximum absolute atomic E-state index is 13.1. The van der Waals surface area contributed by atoms with Gasteiger partial charge in [0, 0.05) is 25.2 Å². The molecule has 0 bridgehead atoms. The van der Waals surface area contributed by atoms with Gasteiger partial charge in [-0.25, -0.2) is 24.1 Å². The number of nitrogens with one attached hydrogen (secondary N) is 1. The Kier molecular flexibility index (Phi) is 7.39. The number of nitrogens with two attached hydrogens (primary N) is 1. The molecule has 12 nitrogen and oxygen atoms in total. The highest BCUT2D eigenvalue weighted by Crippen LogP contribution is 2.32. The van der Waals surface area contributed by atoms with Gasteiger partial charge in [-0.15, -0.1) is 0 Å². The summed E-state index contributed by atoms with van der Waals surface area (Å²) in [5.74, 6) is 6.26. The highest BCUT2D eigenvalue weighted by atomic mass is 19.1. The normalized spacial score (nSPS) is 23.8. The Hall–Kier alpha value is -3.83. The topological polar surface area (TPSA) is 172 Å². The van der Waals surface area contributed by atoms with Crippen LogP contribution in [0, 0.1) is 23.6 Å². The summed E-state index contributed by atoms with van der Waals surface area (Å²) in [6, 6.07) is 5.42. The number of aromatic nitrogens is 4. The molecular formula is C25H28FN7O5. The molecule has 3 aromatic rings. The molecule has 6 N–H and O–H groups in total. The molecular weight excluding hydrogens is 497 g/mol. The molecule has 2 aromatic heterocycles. The zero-order valence-electron chi connectivity index (χ0n) is 20.4. The number of carbonyl (C=O) groups excluding carboxylic acids is 1. The highest BCUT2D eigenvalue weighted by Gasteiger charge is 2.44. The average molecular weight is 526 g/mol. The van der Waals surface area contributed by atoms with E-state index in [4.69, 9.17) is 10.5 Å². The third-order valence-corrected chi connectivity index (χ3v) is 6.83. The number of benzene rings is 1. The van der Waals surface area contributed by atoms with Gasteiger partial charge in [-0.1, -0.05) is 5.92 Å². The van der Waals surface area contributed by atoms with Gasteiger partial charge in [0.1, 0.15) is 29.6 Å². The molecule has 2 fully saturated rings. The van der Waals surface area contributed by atoms with E-state index in [1.54, 1.807) is 4.90 Å². The van der Waals surface area contributed by atoms with Gasteiger partial charge in [-0.3, -0.25) is 4.57 Å². The van der Waals surface area contributed by atoms with Crippen LogP contribution in [-0.4, -0.2) is 83.8 Å². The van der Waals surface area contributed by atoms with E-state index in [1.807, 2.05) is 0 Å². The molecule has 2 aliphatic heterocycles.